The van der Waals surface area contributed by atoms with Gasteiger partial charge in [-0.2, -0.15) is 0 Å². The Bertz CT molecular complexity index is 1300. The maximum Gasteiger partial charge on any atom is 0.253 e. The minimum Gasteiger partial charge on any atom is -0.457 e. The molecular formula is C24H17F2N3O3. The van der Waals surface area contributed by atoms with Crippen LogP contribution < -0.4 is 16.2 Å². The Labute approximate surface area is 181 Å². The summed E-state index contributed by atoms with van der Waals surface area (Å²) in [4.78, 5) is 27.6. The maximum atomic E-state index is 14.1. The van der Waals surface area contributed by atoms with Crippen molar-refractivity contribution >= 4 is 17.4 Å². The molecule has 160 valence electrons. The van der Waals surface area contributed by atoms with Gasteiger partial charge in [0.05, 0.1) is 22.5 Å². The molecule has 4 rings (SSSR count). The Kier molecular flexibility index (Phi) is 5.43. The van der Waals surface area contributed by atoms with Gasteiger partial charge < -0.3 is 21.2 Å². The van der Waals surface area contributed by atoms with Gasteiger partial charge in [0.25, 0.3) is 5.91 Å². The molecule has 3 aromatic carbocycles. The lowest BCUT2D eigenvalue weighted by Crippen LogP contribution is -2.14. The molecule has 0 spiro atoms. The van der Waals surface area contributed by atoms with Crippen LogP contribution in [-0.2, 0) is 0 Å². The van der Waals surface area contributed by atoms with Crippen molar-refractivity contribution in [3.05, 3.63) is 101 Å². The molecule has 1 heterocycles. The number of aromatic amines is 1. The second kappa shape index (κ2) is 8.35. The number of H-pyrrole nitrogens is 1. The third kappa shape index (κ3) is 3.81. The fraction of sp³-hybridized carbons (Fsp3) is 0. The summed E-state index contributed by atoms with van der Waals surface area (Å²) in [5.74, 6) is -2.85. The maximum absolute atomic E-state index is 14.1. The lowest BCUT2D eigenvalue weighted by atomic mass is 10.0. The van der Waals surface area contributed by atoms with Crippen LogP contribution in [0.1, 0.15) is 26.4 Å². The predicted molar refractivity (Wildman–Crippen MR) is 115 cm³/mol. The number of nitrogen functional groups attached to an aromatic ring is 1. The van der Waals surface area contributed by atoms with Gasteiger partial charge in [0.15, 0.2) is 0 Å². The molecule has 1 amide bonds. The number of carbonyl (C=O) groups is 2. The summed E-state index contributed by atoms with van der Waals surface area (Å²) in [5, 5.41) is 0. The first-order valence-electron chi connectivity index (χ1n) is 9.50. The number of para-hydroxylation sites is 1. The minimum absolute atomic E-state index is 0.151. The fourth-order valence-corrected chi connectivity index (χ4v) is 3.32. The molecule has 0 aliphatic rings. The zero-order chi connectivity index (χ0) is 22.8. The van der Waals surface area contributed by atoms with Crippen LogP contribution in [0.3, 0.4) is 0 Å². The summed E-state index contributed by atoms with van der Waals surface area (Å²) in [5.41, 5.74) is 10.5. The number of benzene rings is 3. The van der Waals surface area contributed by atoms with Gasteiger partial charge >= 0.3 is 0 Å². The largest absolute Gasteiger partial charge is 0.457 e. The van der Waals surface area contributed by atoms with Crippen LogP contribution in [0.2, 0.25) is 0 Å². The molecule has 6 nitrogen and oxygen atoms in total. The summed E-state index contributed by atoms with van der Waals surface area (Å²) in [7, 11) is 0. The quantitative estimate of drug-likeness (QED) is 0.384. The van der Waals surface area contributed by atoms with Crippen molar-refractivity contribution in [1.29, 1.82) is 0 Å². The fourth-order valence-electron chi connectivity index (χ4n) is 3.32. The number of ether oxygens (including phenoxy) is 1. The highest BCUT2D eigenvalue weighted by atomic mass is 19.1. The molecule has 1 aromatic heterocycles. The van der Waals surface area contributed by atoms with Gasteiger partial charge in [-0.05, 0) is 54.1 Å². The topological polar surface area (TPSA) is 111 Å². The van der Waals surface area contributed by atoms with Crippen molar-refractivity contribution in [2.24, 2.45) is 5.73 Å². The monoisotopic (exact) mass is 433 g/mol. The molecule has 0 radical (unpaired) electrons. The van der Waals surface area contributed by atoms with Gasteiger partial charge in [0.2, 0.25) is 5.78 Å². The van der Waals surface area contributed by atoms with E-state index in [9.17, 15) is 18.4 Å². The van der Waals surface area contributed by atoms with E-state index in [2.05, 4.69) is 4.98 Å². The van der Waals surface area contributed by atoms with Crippen LogP contribution in [0, 0.1) is 11.6 Å². The zero-order valence-corrected chi connectivity index (χ0v) is 16.6. The third-order valence-electron chi connectivity index (χ3n) is 4.82. The van der Waals surface area contributed by atoms with E-state index in [4.69, 9.17) is 16.2 Å². The first-order chi connectivity index (χ1) is 15.4. The van der Waals surface area contributed by atoms with Crippen LogP contribution in [0.4, 0.5) is 14.5 Å². The smallest absolute Gasteiger partial charge is 0.253 e. The number of halogens is 2. The van der Waals surface area contributed by atoms with Gasteiger partial charge in [-0.15, -0.1) is 0 Å². The number of anilines is 1. The van der Waals surface area contributed by atoms with Gasteiger partial charge in [0.1, 0.15) is 28.8 Å². The van der Waals surface area contributed by atoms with Crippen LogP contribution >= 0.6 is 0 Å². The van der Waals surface area contributed by atoms with E-state index in [1.807, 2.05) is 18.2 Å². The lowest BCUT2D eigenvalue weighted by Gasteiger charge is -2.07. The second-order valence-electron chi connectivity index (χ2n) is 6.89. The van der Waals surface area contributed by atoms with E-state index >= 15 is 0 Å². The number of primary amides is 1. The molecule has 32 heavy (non-hydrogen) atoms. The number of ketones is 1. The number of carbonyl (C=O) groups excluding carboxylic acids is 2. The highest BCUT2D eigenvalue weighted by Gasteiger charge is 2.28. The number of nitrogens with one attached hydrogen (secondary N) is 1. The molecule has 0 atom stereocenters. The first kappa shape index (κ1) is 20.8. The molecule has 0 unspecified atom stereocenters. The average Bonchev–Trinajstić information content (AvgIpc) is 3.12. The van der Waals surface area contributed by atoms with E-state index in [1.54, 1.807) is 36.4 Å². The summed E-state index contributed by atoms with van der Waals surface area (Å²) >= 11 is 0. The summed E-state index contributed by atoms with van der Waals surface area (Å²) in [6, 6.07) is 18.7. The molecule has 4 aromatic rings. The molecule has 0 aliphatic carbocycles. The van der Waals surface area contributed by atoms with Gasteiger partial charge in [0, 0.05) is 0 Å². The van der Waals surface area contributed by atoms with Crippen molar-refractivity contribution in [2.45, 2.75) is 0 Å². The molecule has 0 bridgehead atoms. The molecule has 0 fully saturated rings. The summed E-state index contributed by atoms with van der Waals surface area (Å²) in [6.07, 6.45) is 0. The SMILES string of the molecule is NC(=O)c1c(-c2ccc(Oc3ccccc3)cc2)[nH]c(C(=O)c2c(F)cccc2F)c1N. The molecule has 0 saturated heterocycles. The number of hydrogen-bond acceptors (Lipinski definition) is 4. The number of hydrogen-bond donors (Lipinski definition) is 3. The van der Waals surface area contributed by atoms with Crippen molar-refractivity contribution in [3.63, 3.8) is 0 Å². The van der Waals surface area contributed by atoms with Gasteiger partial charge in [-0.3, -0.25) is 9.59 Å². The molecular weight excluding hydrogens is 416 g/mol. The van der Waals surface area contributed by atoms with E-state index in [1.165, 1.54) is 0 Å². The minimum atomic E-state index is -1.05. The van der Waals surface area contributed by atoms with E-state index in [0.29, 0.717) is 17.1 Å². The Morgan fingerprint density at radius 1 is 0.781 bits per heavy atom. The van der Waals surface area contributed by atoms with Crippen molar-refractivity contribution in [2.75, 3.05) is 5.73 Å². The van der Waals surface area contributed by atoms with Crippen LogP contribution in [0.15, 0.2) is 72.8 Å². The summed E-state index contributed by atoms with van der Waals surface area (Å²) < 4.78 is 34.0. The van der Waals surface area contributed by atoms with Crippen molar-refractivity contribution in [3.8, 4) is 22.8 Å². The second-order valence-corrected chi connectivity index (χ2v) is 6.89. The van der Waals surface area contributed by atoms with Gasteiger partial charge in [-0.25, -0.2) is 8.78 Å². The molecule has 5 N–H and O–H groups in total. The average molecular weight is 433 g/mol. The Morgan fingerprint density at radius 3 is 1.97 bits per heavy atom. The number of aromatic nitrogens is 1. The van der Waals surface area contributed by atoms with E-state index in [0.717, 1.165) is 18.2 Å². The van der Waals surface area contributed by atoms with E-state index in [-0.39, 0.29) is 22.6 Å². The lowest BCUT2D eigenvalue weighted by molar-refractivity contribution is 0.100. The Balaban J connectivity index is 1.73. The van der Waals surface area contributed by atoms with Crippen molar-refractivity contribution < 1.29 is 23.1 Å². The van der Waals surface area contributed by atoms with E-state index < -0.39 is 28.9 Å². The first-order valence-corrected chi connectivity index (χ1v) is 9.50. The van der Waals surface area contributed by atoms with Crippen LogP contribution in [0.25, 0.3) is 11.3 Å². The number of nitrogens with two attached hydrogens (primary N) is 2. The van der Waals surface area contributed by atoms with Crippen LogP contribution in [0.5, 0.6) is 11.5 Å². The molecule has 0 aliphatic heterocycles. The van der Waals surface area contributed by atoms with Crippen LogP contribution in [-0.4, -0.2) is 16.7 Å². The summed E-state index contributed by atoms with van der Waals surface area (Å²) in [6.45, 7) is 0. The normalized spacial score (nSPS) is 10.7. The van der Waals surface area contributed by atoms with Crippen molar-refractivity contribution in [1.82, 2.24) is 4.98 Å². The Morgan fingerprint density at radius 2 is 1.38 bits per heavy atom. The number of amides is 1. The third-order valence-corrected chi connectivity index (χ3v) is 4.82. The Hall–Kier alpha value is -4.46. The number of rotatable bonds is 6. The predicted octanol–water partition coefficient (Wildman–Crippen LogP) is 4.66. The van der Waals surface area contributed by atoms with Gasteiger partial charge in [-0.1, -0.05) is 24.3 Å². The zero-order valence-electron chi connectivity index (χ0n) is 16.6. The standard InChI is InChI=1S/C24H17F2N3O3/c25-16-7-4-8-17(26)18(16)23(30)22-20(27)19(24(28)31)21(29-22)13-9-11-15(12-10-13)32-14-5-2-1-3-6-14/h1-12,29H,27H2,(H2,28,31). The molecule has 0 saturated carbocycles. The highest BCUT2D eigenvalue weighted by Crippen LogP contribution is 2.33. The highest BCUT2D eigenvalue weighted by molar-refractivity contribution is 6.16. The molecule has 8 heteroatoms.